The van der Waals surface area contributed by atoms with Crippen molar-refractivity contribution in [1.82, 2.24) is 4.98 Å². The van der Waals surface area contributed by atoms with Crippen LogP contribution in [0.4, 0.5) is 5.82 Å². The molecule has 1 fully saturated rings. The lowest BCUT2D eigenvalue weighted by Gasteiger charge is -2.29. The second-order valence-corrected chi connectivity index (χ2v) is 7.26. The van der Waals surface area contributed by atoms with Gasteiger partial charge < -0.3 is 19.1 Å². The molecule has 0 N–H and O–H groups in total. The Morgan fingerprint density at radius 3 is 2.65 bits per heavy atom. The summed E-state index contributed by atoms with van der Waals surface area (Å²) >= 11 is 0. The van der Waals surface area contributed by atoms with Gasteiger partial charge in [-0.05, 0) is 36.4 Å². The SMILES string of the molecule is COc1ccc2cc(/C=C3\N=C(c4ccccc4)OC3=O)c(N3CCOCC3)nc2c1. The van der Waals surface area contributed by atoms with Gasteiger partial charge in [-0.25, -0.2) is 14.8 Å². The summed E-state index contributed by atoms with van der Waals surface area (Å²) in [5, 5.41) is 0.947. The fourth-order valence-corrected chi connectivity index (χ4v) is 3.68. The number of methoxy groups -OCH3 is 1. The molecule has 3 heterocycles. The highest BCUT2D eigenvalue weighted by molar-refractivity contribution is 6.13. The third-order valence-corrected chi connectivity index (χ3v) is 5.28. The minimum absolute atomic E-state index is 0.253. The lowest BCUT2D eigenvalue weighted by Crippen LogP contribution is -2.37. The Balaban J connectivity index is 1.60. The van der Waals surface area contributed by atoms with Crippen LogP contribution in [-0.2, 0) is 14.3 Å². The number of carbonyl (C=O) groups is 1. The van der Waals surface area contributed by atoms with E-state index >= 15 is 0 Å². The molecule has 0 radical (unpaired) electrons. The molecule has 7 nitrogen and oxygen atoms in total. The number of cyclic esters (lactones) is 1. The highest BCUT2D eigenvalue weighted by atomic mass is 16.6. The zero-order chi connectivity index (χ0) is 21.2. The summed E-state index contributed by atoms with van der Waals surface area (Å²) in [5.74, 6) is 1.37. The zero-order valence-electron chi connectivity index (χ0n) is 17.1. The van der Waals surface area contributed by atoms with E-state index in [2.05, 4.69) is 9.89 Å². The molecule has 2 aromatic carbocycles. The molecule has 0 aliphatic carbocycles. The van der Waals surface area contributed by atoms with Crippen LogP contribution in [-0.4, -0.2) is 50.3 Å². The Bertz CT molecular complexity index is 1200. The number of fused-ring (bicyclic) bond motifs is 1. The van der Waals surface area contributed by atoms with E-state index < -0.39 is 5.97 Å². The minimum atomic E-state index is -0.471. The van der Waals surface area contributed by atoms with Gasteiger partial charge in [-0.3, -0.25) is 0 Å². The summed E-state index contributed by atoms with van der Waals surface area (Å²) in [6.45, 7) is 2.71. The number of carbonyl (C=O) groups excluding carboxylic acids is 1. The van der Waals surface area contributed by atoms with Gasteiger partial charge in [-0.1, -0.05) is 18.2 Å². The first-order valence-corrected chi connectivity index (χ1v) is 10.1. The fourth-order valence-electron chi connectivity index (χ4n) is 3.68. The molecule has 0 amide bonds. The molecule has 7 heteroatoms. The van der Waals surface area contributed by atoms with E-state index in [1.54, 1.807) is 13.2 Å². The van der Waals surface area contributed by atoms with Crippen LogP contribution >= 0.6 is 0 Å². The first-order chi connectivity index (χ1) is 15.2. The standard InChI is InChI=1S/C24H21N3O4/c1-29-19-8-7-17-13-18(22(25-20(17)15-19)27-9-11-30-12-10-27)14-21-24(28)31-23(26-21)16-5-3-2-4-6-16/h2-8,13-15H,9-12H2,1H3/b21-14-. The van der Waals surface area contributed by atoms with Crippen LogP contribution in [0, 0.1) is 0 Å². The van der Waals surface area contributed by atoms with Crippen LogP contribution in [0.5, 0.6) is 5.75 Å². The van der Waals surface area contributed by atoms with Crippen LogP contribution in [0.1, 0.15) is 11.1 Å². The number of nitrogens with zero attached hydrogens (tertiary/aromatic N) is 3. The third kappa shape index (κ3) is 3.87. The maximum Gasteiger partial charge on any atom is 0.363 e. The number of hydrogen-bond acceptors (Lipinski definition) is 7. The van der Waals surface area contributed by atoms with E-state index in [0.717, 1.165) is 46.7 Å². The lowest BCUT2D eigenvalue weighted by molar-refractivity contribution is -0.129. The summed E-state index contributed by atoms with van der Waals surface area (Å²) in [5.41, 5.74) is 2.65. The van der Waals surface area contributed by atoms with Crippen LogP contribution in [0.2, 0.25) is 0 Å². The molecular formula is C24H21N3O4. The van der Waals surface area contributed by atoms with Gasteiger partial charge in [0.15, 0.2) is 5.70 Å². The Hall–Kier alpha value is -3.71. The summed E-state index contributed by atoms with van der Waals surface area (Å²) < 4.78 is 16.3. The molecule has 0 atom stereocenters. The van der Waals surface area contributed by atoms with Gasteiger partial charge in [0.05, 0.1) is 25.8 Å². The molecule has 31 heavy (non-hydrogen) atoms. The summed E-state index contributed by atoms with van der Waals surface area (Å²) in [4.78, 5) is 24.0. The van der Waals surface area contributed by atoms with Crippen molar-refractivity contribution in [3.8, 4) is 5.75 Å². The molecular weight excluding hydrogens is 394 g/mol. The number of esters is 1. The van der Waals surface area contributed by atoms with E-state index in [4.69, 9.17) is 19.2 Å². The molecule has 0 bridgehead atoms. The van der Waals surface area contributed by atoms with Crippen LogP contribution in [0.25, 0.3) is 17.0 Å². The number of aliphatic imine (C=N–C) groups is 1. The normalized spacial score (nSPS) is 17.7. The molecule has 1 aromatic heterocycles. The predicted octanol–water partition coefficient (Wildman–Crippen LogP) is 3.42. The van der Waals surface area contributed by atoms with Crippen molar-refractivity contribution < 1.29 is 19.0 Å². The van der Waals surface area contributed by atoms with E-state index in [0.29, 0.717) is 19.1 Å². The first-order valence-electron chi connectivity index (χ1n) is 10.1. The van der Waals surface area contributed by atoms with Crippen LogP contribution in [0.15, 0.2) is 65.3 Å². The van der Waals surface area contributed by atoms with Crippen LogP contribution < -0.4 is 9.64 Å². The van der Waals surface area contributed by atoms with Gasteiger partial charge in [0.25, 0.3) is 0 Å². The smallest absolute Gasteiger partial charge is 0.363 e. The maximum absolute atomic E-state index is 12.5. The molecule has 2 aliphatic rings. The van der Waals surface area contributed by atoms with Crippen molar-refractivity contribution in [3.63, 3.8) is 0 Å². The predicted molar refractivity (Wildman–Crippen MR) is 118 cm³/mol. The van der Waals surface area contributed by atoms with E-state index in [1.807, 2.05) is 54.6 Å². The number of benzene rings is 2. The Labute approximate surface area is 179 Å². The number of morpholine rings is 1. The van der Waals surface area contributed by atoms with Gasteiger partial charge >= 0.3 is 5.97 Å². The number of hydrogen-bond donors (Lipinski definition) is 0. The van der Waals surface area contributed by atoms with E-state index in [-0.39, 0.29) is 5.70 Å². The van der Waals surface area contributed by atoms with Gasteiger partial charge in [0.1, 0.15) is 11.6 Å². The number of anilines is 1. The largest absolute Gasteiger partial charge is 0.497 e. The average molecular weight is 415 g/mol. The van der Waals surface area contributed by atoms with Crippen molar-refractivity contribution in [2.75, 3.05) is 38.3 Å². The highest BCUT2D eigenvalue weighted by Crippen LogP contribution is 2.30. The molecule has 2 aliphatic heterocycles. The summed E-state index contributed by atoms with van der Waals surface area (Å²) in [7, 11) is 1.64. The van der Waals surface area contributed by atoms with E-state index in [9.17, 15) is 4.79 Å². The van der Waals surface area contributed by atoms with Crippen LogP contribution in [0.3, 0.4) is 0 Å². The molecule has 3 aromatic rings. The molecule has 0 unspecified atom stereocenters. The van der Waals surface area contributed by atoms with Crippen molar-refractivity contribution in [1.29, 1.82) is 0 Å². The van der Waals surface area contributed by atoms with Gasteiger partial charge in [0, 0.05) is 35.7 Å². The topological polar surface area (TPSA) is 73.2 Å². The van der Waals surface area contributed by atoms with Gasteiger partial charge in [-0.15, -0.1) is 0 Å². The number of aromatic nitrogens is 1. The lowest BCUT2D eigenvalue weighted by atomic mass is 10.1. The summed E-state index contributed by atoms with van der Waals surface area (Å²) in [6, 6.07) is 17.2. The molecule has 5 rings (SSSR count). The Morgan fingerprint density at radius 2 is 1.87 bits per heavy atom. The van der Waals surface area contributed by atoms with Gasteiger partial charge in [0.2, 0.25) is 5.90 Å². The Morgan fingerprint density at radius 1 is 1.06 bits per heavy atom. The van der Waals surface area contributed by atoms with Crippen molar-refractivity contribution in [3.05, 3.63) is 71.4 Å². The number of ether oxygens (including phenoxy) is 3. The number of rotatable bonds is 4. The third-order valence-electron chi connectivity index (χ3n) is 5.28. The Kier molecular flexibility index (Phi) is 5.09. The van der Waals surface area contributed by atoms with Crippen molar-refractivity contribution in [2.45, 2.75) is 0 Å². The molecule has 0 saturated carbocycles. The number of pyridine rings is 1. The van der Waals surface area contributed by atoms with Gasteiger partial charge in [-0.2, -0.15) is 0 Å². The summed E-state index contributed by atoms with van der Waals surface area (Å²) in [6.07, 6.45) is 1.75. The molecule has 1 saturated heterocycles. The molecule has 156 valence electrons. The van der Waals surface area contributed by atoms with Crippen molar-refractivity contribution in [2.24, 2.45) is 4.99 Å². The first kappa shape index (κ1) is 19.3. The highest BCUT2D eigenvalue weighted by Gasteiger charge is 2.25. The zero-order valence-corrected chi connectivity index (χ0v) is 17.1. The average Bonchev–Trinajstić information content (AvgIpc) is 3.19. The fraction of sp³-hybridized carbons (Fsp3) is 0.208. The minimum Gasteiger partial charge on any atom is -0.497 e. The van der Waals surface area contributed by atoms with E-state index in [1.165, 1.54) is 0 Å². The maximum atomic E-state index is 12.5. The quantitative estimate of drug-likeness (QED) is 0.480. The molecule has 0 spiro atoms. The van der Waals surface area contributed by atoms with Crippen molar-refractivity contribution >= 4 is 34.7 Å². The monoisotopic (exact) mass is 415 g/mol. The second-order valence-electron chi connectivity index (χ2n) is 7.26. The second kappa shape index (κ2) is 8.20.